The molecule has 1 unspecified atom stereocenters. The number of hydrogen-bond acceptors (Lipinski definition) is 8. The Morgan fingerprint density at radius 3 is 2.46 bits per heavy atom. The number of aromatic hydroxyl groups is 1. The smallest absolute Gasteiger partial charge is 0.342 e. The quantitative estimate of drug-likeness (QED) is 0.198. The van der Waals surface area contributed by atoms with Crippen LogP contribution >= 0.6 is 7.60 Å². The first-order chi connectivity index (χ1) is 16.6. The molecule has 2 rings (SSSR count). The fraction of sp³-hybridized carbons (Fsp3) is 0.520. The van der Waals surface area contributed by atoms with Crippen LogP contribution in [0.1, 0.15) is 60.7 Å². The van der Waals surface area contributed by atoms with Crippen LogP contribution in [0.5, 0.6) is 11.5 Å². The minimum atomic E-state index is -3.22. The number of ether oxygens (including phenoxy) is 2. The molecule has 35 heavy (non-hydrogen) atoms. The van der Waals surface area contributed by atoms with Crippen molar-refractivity contribution in [3.63, 3.8) is 0 Å². The number of fused-ring (bicyclic) bond motifs is 1. The van der Waals surface area contributed by atoms with Crippen molar-refractivity contribution in [2.24, 2.45) is 5.92 Å². The van der Waals surface area contributed by atoms with Gasteiger partial charge in [0.15, 0.2) is 0 Å². The second-order valence-electron chi connectivity index (χ2n) is 8.25. The highest BCUT2D eigenvalue weighted by molar-refractivity contribution is 7.54. The van der Waals surface area contributed by atoms with E-state index in [0.29, 0.717) is 16.9 Å². The van der Waals surface area contributed by atoms with E-state index in [-0.39, 0.29) is 56.6 Å². The van der Waals surface area contributed by atoms with Crippen molar-refractivity contribution in [3.8, 4) is 11.5 Å². The van der Waals surface area contributed by atoms with Gasteiger partial charge >= 0.3 is 19.5 Å². The van der Waals surface area contributed by atoms with Crippen LogP contribution in [0.3, 0.4) is 0 Å². The molecule has 0 radical (unpaired) electrons. The summed E-state index contributed by atoms with van der Waals surface area (Å²) in [5.74, 6) is -1.89. The van der Waals surface area contributed by atoms with Crippen molar-refractivity contribution in [1.29, 1.82) is 0 Å². The average molecular weight is 511 g/mol. The zero-order valence-electron chi connectivity index (χ0n) is 21.0. The van der Waals surface area contributed by atoms with Crippen molar-refractivity contribution in [3.05, 3.63) is 46.1 Å². The van der Waals surface area contributed by atoms with E-state index in [1.807, 2.05) is 19.9 Å². The van der Waals surface area contributed by atoms with Crippen molar-refractivity contribution >= 4 is 19.5 Å². The van der Waals surface area contributed by atoms with Gasteiger partial charge in [-0.1, -0.05) is 23.8 Å². The van der Waals surface area contributed by atoms with Gasteiger partial charge in [0.1, 0.15) is 23.7 Å². The van der Waals surface area contributed by atoms with Crippen LogP contribution in [0.4, 0.5) is 0 Å². The lowest BCUT2D eigenvalue weighted by molar-refractivity contribution is -0.141. The Hall–Kier alpha value is -2.61. The Morgan fingerprint density at radius 1 is 1.23 bits per heavy atom. The lowest BCUT2D eigenvalue weighted by Crippen LogP contribution is -2.13. The molecule has 0 saturated carbocycles. The van der Waals surface area contributed by atoms with Crippen molar-refractivity contribution < 1.29 is 42.9 Å². The molecule has 1 aliphatic rings. The number of phenols is 1. The molecule has 2 N–H and O–H groups in total. The molecule has 10 heteroatoms. The lowest BCUT2D eigenvalue weighted by Gasteiger charge is -2.16. The van der Waals surface area contributed by atoms with Crippen LogP contribution in [0, 0.1) is 12.8 Å². The first kappa shape index (κ1) is 28.6. The molecule has 9 nitrogen and oxygen atoms in total. The van der Waals surface area contributed by atoms with E-state index in [2.05, 4.69) is 0 Å². The number of benzene rings is 1. The molecular weight excluding hydrogens is 475 g/mol. The molecule has 0 saturated heterocycles. The number of esters is 1. The molecular formula is C25H35O9P. The number of allylic oxidation sites excluding steroid dienone is 4. The number of hydrogen-bond donors (Lipinski definition) is 2. The average Bonchev–Trinajstić information content (AvgIpc) is 3.19. The van der Waals surface area contributed by atoms with E-state index in [9.17, 15) is 24.4 Å². The third-order valence-corrected chi connectivity index (χ3v) is 7.75. The highest BCUT2D eigenvalue weighted by atomic mass is 31.2. The molecule has 0 aliphatic carbocycles. The summed E-state index contributed by atoms with van der Waals surface area (Å²) in [6.45, 7) is 7.71. The van der Waals surface area contributed by atoms with Gasteiger partial charge in [-0.2, -0.15) is 0 Å². The SMILES string of the molecule is CCOP(=O)(C/C=C/CC(C/C(C)=C/Cc1c(O)c2c(c(C)c1OC)COC2=O)C(=O)O)OCC. The van der Waals surface area contributed by atoms with E-state index in [0.717, 1.165) is 11.1 Å². The van der Waals surface area contributed by atoms with E-state index in [4.69, 9.17) is 18.5 Å². The maximum absolute atomic E-state index is 12.5. The maximum Gasteiger partial charge on any atom is 0.342 e. The highest BCUT2D eigenvalue weighted by Crippen LogP contribution is 2.48. The molecule has 194 valence electrons. The van der Waals surface area contributed by atoms with Crippen LogP contribution in [-0.4, -0.2) is 48.6 Å². The molecule has 0 fully saturated rings. The summed E-state index contributed by atoms with van der Waals surface area (Å²) in [4.78, 5) is 23.9. The summed E-state index contributed by atoms with van der Waals surface area (Å²) in [5, 5.41) is 20.4. The topological polar surface area (TPSA) is 129 Å². The predicted octanol–water partition coefficient (Wildman–Crippen LogP) is 5.17. The van der Waals surface area contributed by atoms with Gasteiger partial charge in [0.2, 0.25) is 0 Å². The van der Waals surface area contributed by atoms with Crippen molar-refractivity contribution in [1.82, 2.24) is 0 Å². The lowest BCUT2D eigenvalue weighted by atomic mass is 9.93. The van der Waals surface area contributed by atoms with Crippen molar-refractivity contribution in [2.45, 2.75) is 53.6 Å². The van der Waals surface area contributed by atoms with E-state index < -0.39 is 25.5 Å². The van der Waals surface area contributed by atoms with Gasteiger partial charge in [-0.25, -0.2) is 4.79 Å². The number of carbonyl (C=O) groups is 2. The van der Waals surface area contributed by atoms with E-state index in [1.54, 1.807) is 26.0 Å². The largest absolute Gasteiger partial charge is 0.507 e. The minimum Gasteiger partial charge on any atom is -0.507 e. The van der Waals surface area contributed by atoms with Crippen LogP contribution in [0.2, 0.25) is 0 Å². The third-order valence-electron chi connectivity index (χ3n) is 5.79. The van der Waals surface area contributed by atoms with E-state index in [1.165, 1.54) is 7.11 Å². The Morgan fingerprint density at radius 2 is 1.89 bits per heavy atom. The second kappa shape index (κ2) is 12.9. The van der Waals surface area contributed by atoms with Gasteiger partial charge in [0.05, 0.1) is 32.4 Å². The number of cyclic esters (lactones) is 1. The summed E-state index contributed by atoms with van der Waals surface area (Å²) in [6, 6.07) is 0. The first-order valence-corrected chi connectivity index (χ1v) is 13.3. The molecule has 1 aliphatic heterocycles. The molecule has 1 aromatic rings. The van der Waals surface area contributed by atoms with Gasteiger partial charge in [-0.05, 0) is 52.5 Å². The van der Waals surface area contributed by atoms with Crippen LogP contribution in [0.15, 0.2) is 23.8 Å². The fourth-order valence-corrected chi connectivity index (χ4v) is 5.53. The van der Waals surface area contributed by atoms with Gasteiger partial charge in [0.25, 0.3) is 0 Å². The zero-order valence-corrected chi connectivity index (χ0v) is 21.9. The Kier molecular flexibility index (Phi) is 10.6. The molecule has 0 spiro atoms. The number of phenolic OH excluding ortho intramolecular Hbond substituents is 1. The summed E-state index contributed by atoms with van der Waals surface area (Å²) in [7, 11) is -1.72. The van der Waals surface area contributed by atoms with Gasteiger partial charge in [-0.3, -0.25) is 9.36 Å². The summed E-state index contributed by atoms with van der Waals surface area (Å²) < 4.78 is 33.5. The Labute approximate surface area is 206 Å². The molecule has 1 atom stereocenters. The van der Waals surface area contributed by atoms with Crippen LogP contribution in [-0.2, 0) is 36.2 Å². The summed E-state index contributed by atoms with van der Waals surface area (Å²) in [6.07, 6.45) is 6.00. The second-order valence-corrected chi connectivity index (χ2v) is 10.3. The molecule has 1 aromatic carbocycles. The van der Waals surface area contributed by atoms with E-state index >= 15 is 0 Å². The predicted molar refractivity (Wildman–Crippen MR) is 131 cm³/mol. The number of carboxylic acid groups (broad SMARTS) is 1. The van der Waals surface area contributed by atoms with Crippen LogP contribution < -0.4 is 4.74 Å². The molecule has 0 amide bonds. The Bertz CT molecular complexity index is 1030. The number of carboxylic acids is 1. The Balaban J connectivity index is 2.12. The van der Waals surface area contributed by atoms with Gasteiger partial charge in [0, 0.05) is 11.1 Å². The number of carbonyl (C=O) groups excluding carboxylic acids is 1. The summed E-state index contributed by atoms with van der Waals surface area (Å²) in [5.41, 5.74) is 2.77. The maximum atomic E-state index is 12.5. The third kappa shape index (κ3) is 7.19. The monoisotopic (exact) mass is 510 g/mol. The molecule has 0 bridgehead atoms. The molecule has 0 aromatic heterocycles. The molecule has 1 heterocycles. The normalized spacial score (nSPS) is 14.8. The van der Waals surface area contributed by atoms with Gasteiger partial charge in [-0.15, -0.1) is 0 Å². The fourth-order valence-electron chi connectivity index (χ4n) is 4.05. The van der Waals surface area contributed by atoms with Crippen molar-refractivity contribution in [2.75, 3.05) is 26.5 Å². The standard InChI is InChI=1S/C25H35O9P/c1-6-33-35(30,34-7-2)13-9-8-10-18(24(27)28)14-16(3)11-12-19-22(26)21-20(15-32-25(21)29)17(4)23(19)31-5/h8-9,11,18,26H,6-7,10,12-15H2,1-5H3,(H,27,28)/b9-8+,16-11+. The first-order valence-electron chi connectivity index (χ1n) is 11.6. The summed E-state index contributed by atoms with van der Waals surface area (Å²) >= 11 is 0. The number of aliphatic carboxylic acids is 1. The number of rotatable bonds is 14. The highest BCUT2D eigenvalue weighted by Gasteiger charge is 2.32. The van der Waals surface area contributed by atoms with Gasteiger partial charge < -0.3 is 28.7 Å². The zero-order chi connectivity index (χ0) is 26.2. The number of methoxy groups -OCH3 is 1. The van der Waals surface area contributed by atoms with Crippen LogP contribution in [0.25, 0.3) is 0 Å². The minimum absolute atomic E-state index is 0.0784.